The Labute approximate surface area is 220 Å². The zero-order valence-corrected chi connectivity index (χ0v) is 21.8. The SMILES string of the molecule is O=S(=O)(NC[C@H]1CC[C@H](CNc2nc(NCC3CC3)c3ccccc3n2)CC1)c1ccccc1C(F)(F)F. The highest BCUT2D eigenvalue weighted by Gasteiger charge is 2.37. The van der Waals surface area contributed by atoms with Crippen LogP contribution in [0.2, 0.25) is 0 Å². The number of alkyl halides is 3. The van der Waals surface area contributed by atoms with E-state index >= 15 is 0 Å². The molecule has 0 bridgehead atoms. The van der Waals surface area contributed by atoms with Crippen LogP contribution < -0.4 is 15.4 Å². The van der Waals surface area contributed by atoms with Gasteiger partial charge in [-0.25, -0.2) is 18.1 Å². The van der Waals surface area contributed by atoms with Crippen LogP contribution in [0.5, 0.6) is 0 Å². The first-order valence-electron chi connectivity index (χ1n) is 13.1. The molecule has 0 amide bonds. The molecule has 2 aliphatic rings. The van der Waals surface area contributed by atoms with Crippen molar-refractivity contribution in [2.24, 2.45) is 17.8 Å². The van der Waals surface area contributed by atoms with Gasteiger partial charge in [0.2, 0.25) is 16.0 Å². The molecule has 3 N–H and O–H groups in total. The lowest BCUT2D eigenvalue weighted by atomic mass is 9.82. The van der Waals surface area contributed by atoms with Crippen molar-refractivity contribution in [3.8, 4) is 0 Å². The molecule has 7 nitrogen and oxygen atoms in total. The predicted octanol–water partition coefficient (Wildman–Crippen LogP) is 5.67. The summed E-state index contributed by atoms with van der Waals surface area (Å²) < 4.78 is 67.5. The standard InChI is InChI=1S/C27H32F3N5O2S/c28-27(29,30)22-6-2-4-8-24(22)38(36,37)33-17-20-13-11-19(12-14-20)16-32-26-34-23-7-3-1-5-21(23)25(35-26)31-15-18-9-10-18/h1-8,18-20,33H,9-17H2,(H2,31,32,34,35)/t19-,20-. The predicted molar refractivity (Wildman–Crippen MR) is 141 cm³/mol. The van der Waals surface area contributed by atoms with Crippen molar-refractivity contribution in [1.29, 1.82) is 0 Å². The van der Waals surface area contributed by atoms with Crippen LogP contribution in [0, 0.1) is 17.8 Å². The number of para-hydroxylation sites is 1. The summed E-state index contributed by atoms with van der Waals surface area (Å²) in [7, 11) is -4.27. The van der Waals surface area contributed by atoms with E-state index < -0.39 is 26.7 Å². The van der Waals surface area contributed by atoms with Crippen molar-refractivity contribution in [3.05, 3.63) is 54.1 Å². The highest BCUT2D eigenvalue weighted by molar-refractivity contribution is 7.89. The largest absolute Gasteiger partial charge is 0.417 e. The van der Waals surface area contributed by atoms with Crippen LogP contribution in [0.3, 0.4) is 0 Å². The number of anilines is 2. The van der Waals surface area contributed by atoms with Crippen molar-refractivity contribution in [2.45, 2.75) is 49.6 Å². The van der Waals surface area contributed by atoms with Gasteiger partial charge in [-0.15, -0.1) is 0 Å². The van der Waals surface area contributed by atoms with Crippen LogP contribution in [-0.4, -0.2) is 38.0 Å². The molecule has 38 heavy (non-hydrogen) atoms. The van der Waals surface area contributed by atoms with Crippen molar-refractivity contribution in [2.75, 3.05) is 30.3 Å². The van der Waals surface area contributed by atoms with Crippen LogP contribution in [0.1, 0.15) is 44.1 Å². The minimum Gasteiger partial charge on any atom is -0.369 e. The molecule has 0 unspecified atom stereocenters. The maximum atomic E-state index is 13.3. The Morgan fingerprint density at radius 3 is 2.03 bits per heavy atom. The van der Waals surface area contributed by atoms with Crippen molar-refractivity contribution < 1.29 is 21.6 Å². The number of fused-ring (bicyclic) bond motifs is 1. The number of nitrogens with one attached hydrogen (secondary N) is 3. The number of halogens is 3. The van der Waals surface area contributed by atoms with Gasteiger partial charge in [-0.05, 0) is 80.5 Å². The van der Waals surface area contributed by atoms with Crippen LogP contribution in [0.4, 0.5) is 24.9 Å². The van der Waals surface area contributed by atoms with E-state index in [1.54, 1.807) is 0 Å². The Balaban J connectivity index is 1.13. The molecule has 1 heterocycles. The maximum Gasteiger partial charge on any atom is 0.417 e. The van der Waals surface area contributed by atoms with Crippen LogP contribution in [0.15, 0.2) is 53.4 Å². The summed E-state index contributed by atoms with van der Waals surface area (Å²) >= 11 is 0. The van der Waals surface area contributed by atoms with Gasteiger partial charge in [-0.3, -0.25) is 0 Å². The number of sulfonamides is 1. The van der Waals surface area contributed by atoms with Crippen LogP contribution in [-0.2, 0) is 16.2 Å². The van der Waals surface area contributed by atoms with Crippen LogP contribution >= 0.6 is 0 Å². The summed E-state index contributed by atoms with van der Waals surface area (Å²) in [6.07, 6.45) is 1.14. The summed E-state index contributed by atoms with van der Waals surface area (Å²) in [4.78, 5) is 8.66. The molecule has 0 saturated heterocycles. The minimum absolute atomic E-state index is 0.0780. The molecule has 3 aromatic rings. The first-order chi connectivity index (χ1) is 18.2. The van der Waals surface area contributed by atoms with Crippen molar-refractivity contribution >= 4 is 32.7 Å². The van der Waals surface area contributed by atoms with E-state index in [1.165, 1.54) is 25.0 Å². The van der Waals surface area contributed by atoms with E-state index in [0.717, 1.165) is 67.0 Å². The molecule has 2 aliphatic carbocycles. The molecule has 0 atom stereocenters. The van der Waals surface area contributed by atoms with Gasteiger partial charge < -0.3 is 10.6 Å². The van der Waals surface area contributed by atoms with Crippen molar-refractivity contribution in [3.63, 3.8) is 0 Å². The summed E-state index contributed by atoms with van der Waals surface area (Å²) in [5, 5.41) is 7.86. The van der Waals surface area contributed by atoms with Crippen molar-refractivity contribution in [1.82, 2.24) is 14.7 Å². The van der Waals surface area contributed by atoms with Gasteiger partial charge in [0, 0.05) is 25.0 Å². The number of rotatable bonds is 10. The summed E-state index contributed by atoms with van der Waals surface area (Å²) in [6.45, 7) is 1.74. The Kier molecular flexibility index (Phi) is 7.76. The lowest BCUT2D eigenvalue weighted by Gasteiger charge is -2.29. The van der Waals surface area contributed by atoms with Gasteiger partial charge >= 0.3 is 6.18 Å². The molecular formula is C27H32F3N5O2S. The topological polar surface area (TPSA) is 96.0 Å². The van der Waals surface area contributed by atoms with E-state index in [2.05, 4.69) is 20.3 Å². The van der Waals surface area contributed by atoms with E-state index in [4.69, 9.17) is 4.98 Å². The second kappa shape index (κ2) is 11.1. The molecule has 204 valence electrons. The Bertz CT molecular complexity index is 1370. The lowest BCUT2D eigenvalue weighted by Crippen LogP contribution is -2.33. The maximum absolute atomic E-state index is 13.3. The second-order valence-corrected chi connectivity index (χ2v) is 12.1. The zero-order chi connectivity index (χ0) is 26.8. The van der Waals surface area contributed by atoms with Crippen LogP contribution in [0.25, 0.3) is 10.9 Å². The van der Waals surface area contributed by atoms with Gasteiger partial charge in [0.05, 0.1) is 16.0 Å². The molecule has 0 aliphatic heterocycles. The number of hydrogen-bond acceptors (Lipinski definition) is 6. The molecule has 2 aromatic carbocycles. The third kappa shape index (κ3) is 6.55. The average Bonchev–Trinajstić information content (AvgIpc) is 3.74. The van der Waals surface area contributed by atoms with E-state index in [0.29, 0.717) is 18.4 Å². The normalized spacial score (nSPS) is 20.4. The third-order valence-corrected chi connectivity index (χ3v) is 8.90. The highest BCUT2D eigenvalue weighted by atomic mass is 32.2. The Morgan fingerprint density at radius 2 is 1.34 bits per heavy atom. The van der Waals surface area contributed by atoms with E-state index in [-0.39, 0.29) is 12.5 Å². The number of aromatic nitrogens is 2. The monoisotopic (exact) mass is 547 g/mol. The molecule has 5 rings (SSSR count). The smallest absolute Gasteiger partial charge is 0.369 e. The number of nitrogens with zero attached hydrogens (tertiary/aromatic N) is 2. The summed E-state index contributed by atoms with van der Waals surface area (Å²) in [5.74, 6) is 2.61. The number of hydrogen-bond donors (Lipinski definition) is 3. The molecule has 11 heteroatoms. The number of benzene rings is 2. The Hall–Kier alpha value is -2.92. The summed E-state index contributed by atoms with van der Waals surface area (Å²) in [6, 6.07) is 12.2. The van der Waals surface area contributed by atoms with Gasteiger partial charge in [0.15, 0.2) is 0 Å². The summed E-state index contributed by atoms with van der Waals surface area (Å²) in [5.41, 5.74) is -0.268. The second-order valence-electron chi connectivity index (χ2n) is 10.4. The first kappa shape index (κ1) is 26.7. The molecule has 0 radical (unpaired) electrons. The lowest BCUT2D eigenvalue weighted by molar-refractivity contribution is -0.139. The first-order valence-corrected chi connectivity index (χ1v) is 14.6. The fourth-order valence-electron chi connectivity index (χ4n) is 4.97. The molecule has 2 saturated carbocycles. The molecule has 1 aromatic heterocycles. The minimum atomic E-state index is -4.74. The van der Waals surface area contributed by atoms with Gasteiger partial charge in [0.1, 0.15) is 5.82 Å². The average molecular weight is 548 g/mol. The van der Waals surface area contributed by atoms with E-state index in [1.807, 2.05) is 24.3 Å². The van der Waals surface area contributed by atoms with Gasteiger partial charge in [-0.2, -0.15) is 18.2 Å². The molecular weight excluding hydrogens is 515 g/mol. The fraction of sp³-hybridized carbons (Fsp3) is 0.481. The fourth-order valence-corrected chi connectivity index (χ4v) is 6.31. The third-order valence-electron chi connectivity index (χ3n) is 7.42. The molecule has 0 spiro atoms. The van der Waals surface area contributed by atoms with Gasteiger partial charge in [-0.1, -0.05) is 24.3 Å². The Morgan fingerprint density at radius 1 is 0.763 bits per heavy atom. The quantitative estimate of drug-likeness (QED) is 0.303. The van der Waals surface area contributed by atoms with E-state index in [9.17, 15) is 21.6 Å². The highest BCUT2D eigenvalue weighted by Crippen LogP contribution is 2.35. The molecule has 2 fully saturated rings. The van der Waals surface area contributed by atoms with Gasteiger partial charge in [0.25, 0.3) is 0 Å². The zero-order valence-electron chi connectivity index (χ0n) is 21.0.